The first kappa shape index (κ1) is 28.5. The molecule has 3 aliphatic rings. The topological polar surface area (TPSA) is 117 Å². The predicted molar refractivity (Wildman–Crippen MR) is 178 cm³/mol. The van der Waals surface area contributed by atoms with E-state index in [-0.39, 0.29) is 23.3 Å². The van der Waals surface area contributed by atoms with Crippen molar-refractivity contribution in [3.63, 3.8) is 0 Å². The van der Waals surface area contributed by atoms with Crippen LogP contribution in [0.3, 0.4) is 0 Å². The Morgan fingerprint density at radius 1 is 1.18 bits per heavy atom. The molecule has 0 bridgehead atoms. The molecule has 0 aromatic carbocycles. The summed E-state index contributed by atoms with van der Waals surface area (Å²) in [5.74, 6) is 0.617. The highest BCUT2D eigenvalue weighted by Gasteiger charge is 2.39. The molecule has 5 rings (SSSR count). The number of carbonyl (C=O) groups excluding carboxylic acids is 2. The van der Waals surface area contributed by atoms with Crippen LogP contribution in [0.25, 0.3) is 0 Å². The van der Waals surface area contributed by atoms with Gasteiger partial charge in [-0.15, -0.1) is 22.7 Å². The third-order valence-electron chi connectivity index (χ3n) is 6.60. The Labute approximate surface area is 270 Å². The number of hydrogen-bond donors (Lipinski definition) is 3. The van der Waals surface area contributed by atoms with E-state index in [1.165, 1.54) is 0 Å². The zero-order valence-electron chi connectivity index (χ0n) is 27.0. The minimum Gasteiger partial charge on any atom is -0.381 e. The maximum absolute atomic E-state index is 12.6. The molecular formula is C27H39Br2N5O3S3. The van der Waals surface area contributed by atoms with Gasteiger partial charge in [-0.05, 0) is 78.6 Å². The number of ketones is 2. The van der Waals surface area contributed by atoms with Crippen molar-refractivity contribution in [3.05, 3.63) is 65.1 Å². The summed E-state index contributed by atoms with van der Waals surface area (Å²) in [5, 5.41) is 7.16. The lowest BCUT2D eigenvalue weighted by atomic mass is 9.93. The van der Waals surface area contributed by atoms with E-state index in [1.54, 1.807) is 39.7 Å². The lowest BCUT2D eigenvalue weighted by Gasteiger charge is -2.35. The van der Waals surface area contributed by atoms with Gasteiger partial charge in [0.2, 0.25) is 0 Å². The Balaban J connectivity index is 0.000000402. The minimum atomic E-state index is -1.21. The molecule has 40 heavy (non-hydrogen) atoms. The number of halogens is 2. The second kappa shape index (κ2) is 11.9. The van der Waals surface area contributed by atoms with Crippen LogP contribution in [0.4, 0.5) is 0 Å². The lowest BCUT2D eigenvalue weighted by molar-refractivity contribution is -0.114. The molecule has 0 fully saturated rings. The van der Waals surface area contributed by atoms with Gasteiger partial charge in [0.25, 0.3) is 0 Å². The molecule has 1 unspecified atom stereocenters. The van der Waals surface area contributed by atoms with E-state index in [0.29, 0.717) is 31.9 Å². The molecule has 0 aliphatic carbocycles. The number of nitrogens with two attached hydrogens (primary N) is 1. The summed E-state index contributed by atoms with van der Waals surface area (Å²) < 4.78 is 37.6. The van der Waals surface area contributed by atoms with Crippen molar-refractivity contribution in [3.8, 4) is 0 Å². The zero-order valence-corrected chi connectivity index (χ0v) is 28.6. The van der Waals surface area contributed by atoms with E-state index < -0.39 is 16.5 Å². The second-order valence-electron chi connectivity index (χ2n) is 11.3. The summed E-state index contributed by atoms with van der Waals surface area (Å²) >= 11 is 10.2. The monoisotopic (exact) mass is 740 g/mol. The highest BCUT2D eigenvalue weighted by molar-refractivity contribution is 9.10. The van der Waals surface area contributed by atoms with Gasteiger partial charge in [-0.1, -0.05) is 0 Å². The summed E-state index contributed by atoms with van der Waals surface area (Å²) in [6.07, 6.45) is 4.63. The van der Waals surface area contributed by atoms with E-state index in [1.807, 2.05) is 44.5 Å². The Morgan fingerprint density at radius 2 is 1.85 bits per heavy atom. The third-order valence-corrected chi connectivity index (χ3v) is 12.3. The van der Waals surface area contributed by atoms with Gasteiger partial charge in [-0.2, -0.15) is 0 Å². The molecule has 8 nitrogen and oxygen atoms in total. The number of nitrogens with zero attached hydrogens (tertiary/aromatic N) is 2. The first-order valence-electron chi connectivity index (χ1n) is 14.6. The van der Waals surface area contributed by atoms with Gasteiger partial charge in [0.05, 0.1) is 34.4 Å². The van der Waals surface area contributed by atoms with Crippen molar-refractivity contribution in [1.82, 2.24) is 14.9 Å². The normalized spacial score (nSPS) is 23.3. The van der Waals surface area contributed by atoms with Crippen LogP contribution in [0.5, 0.6) is 0 Å². The first-order valence-corrected chi connectivity index (χ1v) is 17.1. The van der Waals surface area contributed by atoms with Gasteiger partial charge < -0.3 is 16.0 Å². The fourth-order valence-corrected chi connectivity index (χ4v) is 8.55. The number of carbonyl (C=O) groups is 2. The molecule has 13 heteroatoms. The Kier molecular flexibility index (Phi) is 8.49. The van der Waals surface area contributed by atoms with E-state index >= 15 is 0 Å². The van der Waals surface area contributed by atoms with Crippen LogP contribution in [-0.2, 0) is 31.7 Å². The number of fused-ring (bicyclic) bond motifs is 1. The number of nitrogens with one attached hydrogen (secondary N) is 2. The second-order valence-corrected chi connectivity index (χ2v) is 17.0. The molecule has 222 valence electrons. The van der Waals surface area contributed by atoms with E-state index in [9.17, 15) is 13.8 Å². The van der Waals surface area contributed by atoms with Gasteiger partial charge in [-0.25, -0.2) is 13.9 Å². The summed E-state index contributed by atoms with van der Waals surface area (Å²) in [7, 11) is -1.21. The molecular weight excluding hydrogens is 698 g/mol. The summed E-state index contributed by atoms with van der Waals surface area (Å²) in [4.78, 5) is 31.5. The first-order chi connectivity index (χ1) is 20.6. The van der Waals surface area contributed by atoms with Gasteiger partial charge in [0, 0.05) is 73.2 Å². The van der Waals surface area contributed by atoms with Crippen LogP contribution >= 0.6 is 54.5 Å². The van der Waals surface area contributed by atoms with E-state index in [0.717, 1.165) is 30.1 Å². The van der Waals surface area contributed by atoms with Crippen LogP contribution in [0.15, 0.2) is 60.4 Å². The highest BCUT2D eigenvalue weighted by atomic mass is 79.9. The molecule has 0 spiro atoms. The van der Waals surface area contributed by atoms with Crippen LogP contribution in [0.2, 0.25) is 0 Å². The molecule has 0 amide bonds. The van der Waals surface area contributed by atoms with Crippen molar-refractivity contribution in [2.45, 2.75) is 63.3 Å². The third kappa shape index (κ3) is 7.22. The Morgan fingerprint density at radius 3 is 2.40 bits per heavy atom. The van der Waals surface area contributed by atoms with E-state index in [2.05, 4.69) is 59.9 Å². The average Bonchev–Trinajstić information content (AvgIpc) is 3.75. The van der Waals surface area contributed by atoms with Crippen LogP contribution < -0.4 is 15.8 Å². The minimum absolute atomic E-state index is 0. The summed E-state index contributed by atoms with van der Waals surface area (Å²) in [6, 6.07) is 4.10. The predicted octanol–water partition coefficient (Wildman–Crippen LogP) is 6.17. The van der Waals surface area contributed by atoms with Gasteiger partial charge >= 0.3 is 0 Å². The lowest BCUT2D eigenvalue weighted by Crippen LogP contribution is -2.46. The molecule has 3 atom stereocenters. The number of thiophene rings is 2. The Bertz CT molecular complexity index is 1460. The molecule has 0 radical (unpaired) electrons. The number of aliphatic imine (C=N–C) groups is 1. The van der Waals surface area contributed by atoms with Crippen LogP contribution in [0.1, 0.15) is 64.6 Å². The molecule has 0 saturated carbocycles. The fourth-order valence-electron chi connectivity index (χ4n) is 4.51. The molecule has 2 aromatic rings. The summed E-state index contributed by atoms with van der Waals surface area (Å²) in [6.45, 7) is 10.6. The van der Waals surface area contributed by atoms with Crippen molar-refractivity contribution >= 4 is 83.0 Å². The van der Waals surface area contributed by atoms with Crippen molar-refractivity contribution in [2.24, 2.45) is 10.7 Å². The molecule has 4 N–H and O–H groups in total. The van der Waals surface area contributed by atoms with Crippen molar-refractivity contribution < 1.29 is 21.2 Å². The fraction of sp³-hybridized carbons (Fsp3) is 0.444. The van der Waals surface area contributed by atoms with Crippen LogP contribution in [0, 0.1) is 0 Å². The Hall–Kier alpha value is -1.64. The van der Waals surface area contributed by atoms with E-state index in [4.69, 9.17) is 11.7 Å². The summed E-state index contributed by atoms with van der Waals surface area (Å²) in [5.41, 5.74) is 6.97. The van der Waals surface area contributed by atoms with Gasteiger partial charge in [-0.3, -0.25) is 9.59 Å². The quantitative estimate of drug-likeness (QED) is 0.326. The highest BCUT2D eigenvalue weighted by Crippen LogP contribution is 2.42. The number of guanidine groups is 1. The molecule has 0 saturated heterocycles. The maximum atomic E-state index is 12.6. The molecule has 3 aliphatic heterocycles. The van der Waals surface area contributed by atoms with Crippen molar-refractivity contribution in [2.75, 3.05) is 13.1 Å². The largest absolute Gasteiger partial charge is 0.381 e. The average molecular weight is 743 g/mol. The van der Waals surface area contributed by atoms with Gasteiger partial charge in [0.15, 0.2) is 17.5 Å². The molecule has 2 aromatic heterocycles. The smallest absolute Gasteiger partial charge is 0.196 e. The van der Waals surface area contributed by atoms with Gasteiger partial charge in [0.1, 0.15) is 5.54 Å². The van der Waals surface area contributed by atoms with Crippen molar-refractivity contribution in [1.29, 1.82) is 0 Å². The SMILES string of the molecule is CC(C)(C)S(=O)N[C@@](C)(CC1=CC(=O)CN1)c1cc(Br)cs1.C[C@@]1(c2cc(Br)cs2)CC2=CC(=O)CN2C(N)=N1.[2HH].[2H][2H].[2H][2H]. The number of rotatable bonds is 6. The number of hydrogen-bond acceptors (Lipinski definition) is 9. The van der Waals surface area contributed by atoms with Crippen LogP contribution in [-0.4, -0.2) is 44.5 Å². The zero-order chi connectivity index (χ0) is 33.5. The molecule has 5 heterocycles. The maximum Gasteiger partial charge on any atom is 0.196 e. The standard InChI is InChI=1S/C15H21BrN2O2S2.C12H12BrN3OS.3H2/c1-14(2,3)22(20)18-15(4,13-5-10(16)9-21-13)7-11-6-12(19)8-17-11;1-12(10-2-7(13)6-18-10)4-8-3-9(17)5-16(8)11(14)15-12;;;/h5-6,9,17-18H,7-8H2,1-4H3;2-3,6H,4-5H2,1H3,(H2,14,15);3*1H/t15-,22?;12-;;;/m00.../s1/i;;2*1+1D;1+1.